The van der Waals surface area contributed by atoms with Gasteiger partial charge in [0.15, 0.2) is 0 Å². The Labute approximate surface area is 119 Å². The quantitative estimate of drug-likeness (QED) is 0.660. The molecule has 2 saturated heterocycles. The first-order valence-electron chi connectivity index (χ1n) is 6.04. The van der Waals surface area contributed by atoms with Crippen molar-refractivity contribution >= 4 is 29.5 Å². The fraction of sp³-hybridized carbons (Fsp3) is 0.385. The van der Waals surface area contributed by atoms with Crippen molar-refractivity contribution in [2.24, 2.45) is 0 Å². The number of carbonyl (C=O) groups excluding carboxylic acids is 1. The van der Waals surface area contributed by atoms with Crippen LogP contribution in [0.4, 0.5) is 0 Å². The number of esters is 1. The third-order valence-corrected chi connectivity index (χ3v) is 5.78. The summed E-state index contributed by atoms with van der Waals surface area (Å²) < 4.78 is 6.21. The highest BCUT2D eigenvalue weighted by Gasteiger charge is 2.41. The Hall–Kier alpha value is -0.980. The van der Waals surface area contributed by atoms with Gasteiger partial charge in [-0.2, -0.15) is 0 Å². The zero-order valence-corrected chi connectivity index (χ0v) is 11.7. The molecule has 0 bridgehead atoms. The Kier molecular flexibility index (Phi) is 3.81. The number of nitrogens with zero attached hydrogens (tertiary/aromatic N) is 1. The maximum atomic E-state index is 11.9. The Morgan fingerprint density at radius 3 is 2.84 bits per heavy atom. The van der Waals surface area contributed by atoms with Crippen LogP contribution in [0.3, 0.4) is 0 Å². The number of aliphatic hydroxyl groups excluding tert-OH is 1. The Balaban J connectivity index is 1.79. The molecule has 19 heavy (non-hydrogen) atoms. The molecular formula is C13H13NO3S2. The minimum absolute atomic E-state index is 0.384. The van der Waals surface area contributed by atoms with Crippen LogP contribution in [-0.2, 0) is 16.0 Å². The molecule has 6 heteroatoms. The Morgan fingerprint density at radius 1 is 1.37 bits per heavy atom. The van der Waals surface area contributed by atoms with Crippen LogP contribution in [0.15, 0.2) is 34.2 Å². The summed E-state index contributed by atoms with van der Waals surface area (Å²) >= 11 is 3.24. The number of aromatic nitrogens is 1. The SMILES string of the molecule is O=C1O[C@@H](Cc2ccccn2)[C@H](O)C1=C1SCCS1. The number of aliphatic hydroxyl groups is 1. The second-order valence-corrected chi connectivity index (χ2v) is 6.78. The van der Waals surface area contributed by atoms with E-state index < -0.39 is 12.2 Å². The first-order valence-corrected chi connectivity index (χ1v) is 8.01. The van der Waals surface area contributed by atoms with Crippen LogP contribution >= 0.6 is 23.5 Å². The molecule has 2 atom stereocenters. The van der Waals surface area contributed by atoms with Gasteiger partial charge in [0.1, 0.15) is 12.2 Å². The summed E-state index contributed by atoms with van der Waals surface area (Å²) in [7, 11) is 0. The van der Waals surface area contributed by atoms with Crippen molar-refractivity contribution in [3.8, 4) is 0 Å². The molecule has 1 N–H and O–H groups in total. The summed E-state index contributed by atoms with van der Waals surface area (Å²) in [6.07, 6.45) is 0.773. The lowest BCUT2D eigenvalue weighted by Gasteiger charge is -2.12. The van der Waals surface area contributed by atoms with Gasteiger partial charge in [0, 0.05) is 29.8 Å². The number of hydrogen-bond donors (Lipinski definition) is 1. The van der Waals surface area contributed by atoms with Gasteiger partial charge in [-0.25, -0.2) is 4.79 Å². The Morgan fingerprint density at radius 2 is 2.16 bits per heavy atom. The summed E-state index contributed by atoms with van der Waals surface area (Å²) in [6, 6.07) is 5.58. The van der Waals surface area contributed by atoms with E-state index in [1.54, 1.807) is 29.7 Å². The first-order chi connectivity index (χ1) is 9.25. The lowest BCUT2D eigenvalue weighted by atomic mass is 10.1. The first kappa shape index (κ1) is 13.0. The topological polar surface area (TPSA) is 59.4 Å². The lowest BCUT2D eigenvalue weighted by Crippen LogP contribution is -2.25. The van der Waals surface area contributed by atoms with Crippen molar-refractivity contribution in [3.63, 3.8) is 0 Å². The van der Waals surface area contributed by atoms with E-state index in [0.717, 1.165) is 21.4 Å². The Bertz CT molecular complexity index is 510. The summed E-state index contributed by atoms with van der Waals surface area (Å²) in [6.45, 7) is 0. The van der Waals surface area contributed by atoms with Crippen molar-refractivity contribution in [2.45, 2.75) is 18.6 Å². The van der Waals surface area contributed by atoms with E-state index in [9.17, 15) is 9.90 Å². The zero-order valence-electron chi connectivity index (χ0n) is 10.1. The average molecular weight is 295 g/mol. The van der Waals surface area contributed by atoms with E-state index in [0.29, 0.717) is 12.0 Å². The number of ether oxygens (including phenoxy) is 1. The van der Waals surface area contributed by atoms with E-state index in [1.807, 2.05) is 18.2 Å². The average Bonchev–Trinajstić information content (AvgIpc) is 3.01. The number of cyclic esters (lactones) is 1. The zero-order chi connectivity index (χ0) is 13.2. The number of carbonyl (C=O) groups is 1. The van der Waals surface area contributed by atoms with Gasteiger partial charge in [0.2, 0.25) is 0 Å². The monoisotopic (exact) mass is 295 g/mol. The third kappa shape index (κ3) is 2.66. The van der Waals surface area contributed by atoms with Gasteiger partial charge in [-0.15, -0.1) is 23.5 Å². The molecular weight excluding hydrogens is 282 g/mol. The van der Waals surface area contributed by atoms with Crippen LogP contribution in [0.1, 0.15) is 5.69 Å². The molecule has 0 spiro atoms. The predicted octanol–water partition coefficient (Wildman–Crippen LogP) is 1.60. The molecule has 4 nitrogen and oxygen atoms in total. The van der Waals surface area contributed by atoms with E-state index in [4.69, 9.17) is 4.74 Å². The standard InChI is InChI=1S/C13H13NO3S2/c15-11-9(7-8-3-1-2-4-14-8)17-12(16)10(11)13-18-5-6-19-13/h1-4,9,11,15H,5-7H2/t9-,11-/m0/s1. The highest BCUT2D eigenvalue weighted by atomic mass is 32.2. The molecule has 1 aromatic rings. The molecule has 2 fully saturated rings. The smallest absolute Gasteiger partial charge is 0.338 e. The molecule has 2 aliphatic heterocycles. The van der Waals surface area contributed by atoms with Gasteiger partial charge in [-0.1, -0.05) is 6.07 Å². The van der Waals surface area contributed by atoms with Crippen LogP contribution < -0.4 is 0 Å². The number of pyridine rings is 1. The molecule has 0 amide bonds. The van der Waals surface area contributed by atoms with E-state index >= 15 is 0 Å². The van der Waals surface area contributed by atoms with Crippen LogP contribution in [0, 0.1) is 0 Å². The molecule has 3 rings (SSSR count). The summed E-state index contributed by atoms with van der Waals surface area (Å²) in [5.74, 6) is 1.58. The summed E-state index contributed by atoms with van der Waals surface area (Å²) in [5, 5.41) is 10.3. The minimum Gasteiger partial charge on any atom is -0.455 e. The van der Waals surface area contributed by atoms with Gasteiger partial charge < -0.3 is 9.84 Å². The normalized spacial score (nSPS) is 26.9. The van der Waals surface area contributed by atoms with Gasteiger partial charge in [-0.05, 0) is 12.1 Å². The van der Waals surface area contributed by atoms with E-state index in [1.165, 1.54) is 0 Å². The molecule has 0 aromatic carbocycles. The molecule has 3 heterocycles. The second kappa shape index (κ2) is 5.56. The summed E-state index contributed by atoms with van der Waals surface area (Å²) in [5.41, 5.74) is 1.26. The van der Waals surface area contributed by atoms with E-state index in [-0.39, 0.29) is 5.97 Å². The van der Waals surface area contributed by atoms with Crippen LogP contribution in [0.2, 0.25) is 0 Å². The number of thioether (sulfide) groups is 2. The predicted molar refractivity (Wildman–Crippen MR) is 75.8 cm³/mol. The molecule has 1 aromatic heterocycles. The van der Waals surface area contributed by atoms with Gasteiger partial charge in [0.05, 0.1) is 9.81 Å². The molecule has 100 valence electrons. The van der Waals surface area contributed by atoms with Crippen LogP contribution in [0.5, 0.6) is 0 Å². The third-order valence-electron chi connectivity index (χ3n) is 3.03. The van der Waals surface area contributed by atoms with Gasteiger partial charge in [0.25, 0.3) is 0 Å². The fourth-order valence-corrected chi connectivity index (χ4v) is 4.71. The highest BCUT2D eigenvalue weighted by Crippen LogP contribution is 2.42. The van der Waals surface area contributed by atoms with Crippen molar-refractivity contribution in [2.75, 3.05) is 11.5 Å². The largest absolute Gasteiger partial charge is 0.455 e. The molecule has 0 unspecified atom stereocenters. The van der Waals surface area contributed by atoms with E-state index in [2.05, 4.69) is 4.98 Å². The van der Waals surface area contributed by atoms with Crippen molar-refractivity contribution in [3.05, 3.63) is 39.9 Å². The van der Waals surface area contributed by atoms with Gasteiger partial charge in [-0.3, -0.25) is 4.98 Å². The molecule has 2 aliphatic rings. The molecule has 0 aliphatic carbocycles. The number of hydrogen-bond acceptors (Lipinski definition) is 6. The van der Waals surface area contributed by atoms with Crippen molar-refractivity contribution in [1.82, 2.24) is 4.98 Å². The minimum atomic E-state index is -0.845. The maximum absolute atomic E-state index is 11.9. The fourth-order valence-electron chi connectivity index (χ4n) is 2.12. The van der Waals surface area contributed by atoms with Gasteiger partial charge >= 0.3 is 5.97 Å². The van der Waals surface area contributed by atoms with Crippen LogP contribution in [-0.4, -0.2) is 39.8 Å². The molecule has 0 saturated carbocycles. The maximum Gasteiger partial charge on any atom is 0.338 e. The highest BCUT2D eigenvalue weighted by molar-refractivity contribution is 8.25. The molecule has 0 radical (unpaired) electrons. The van der Waals surface area contributed by atoms with Crippen molar-refractivity contribution in [1.29, 1.82) is 0 Å². The number of rotatable bonds is 2. The summed E-state index contributed by atoms with van der Waals surface area (Å²) in [4.78, 5) is 16.1. The second-order valence-electron chi connectivity index (χ2n) is 4.31. The van der Waals surface area contributed by atoms with Crippen molar-refractivity contribution < 1.29 is 14.6 Å². The van der Waals surface area contributed by atoms with Crippen LogP contribution in [0.25, 0.3) is 0 Å². The lowest BCUT2D eigenvalue weighted by molar-refractivity contribution is -0.139.